The molecule has 1 aliphatic rings. The summed E-state index contributed by atoms with van der Waals surface area (Å²) < 4.78 is 36.9. The minimum atomic E-state index is -3.60. The van der Waals surface area contributed by atoms with Crippen molar-refractivity contribution in [2.45, 2.75) is 18.7 Å². The Hall–Kier alpha value is -1.49. The van der Waals surface area contributed by atoms with E-state index < -0.39 is 10.0 Å². The molecule has 24 heavy (non-hydrogen) atoms. The number of aryl methyl sites for hydroxylation is 2. The molecular weight excluding hydrogens is 336 g/mol. The average molecular weight is 360 g/mol. The van der Waals surface area contributed by atoms with Gasteiger partial charge in [-0.3, -0.25) is 9.89 Å². The summed E-state index contributed by atoms with van der Waals surface area (Å²) >= 11 is 0. The molecule has 136 valence electrons. The predicted octanol–water partition coefficient (Wildman–Crippen LogP) is -0.478. The molecule has 0 spiro atoms. The fourth-order valence-electron chi connectivity index (χ4n) is 2.62. The molecule has 1 aliphatic heterocycles. The molecule has 0 radical (unpaired) electrons. The molecule has 9 nitrogen and oxygen atoms in total. The summed E-state index contributed by atoms with van der Waals surface area (Å²) in [5, 5.41) is 6.64. The zero-order valence-corrected chi connectivity index (χ0v) is 15.1. The number of methoxy groups -OCH3 is 1. The Bertz CT molecular complexity index is 645. The molecule has 0 saturated carbocycles. The van der Waals surface area contributed by atoms with Gasteiger partial charge in [0, 0.05) is 33.3 Å². The average Bonchev–Trinajstić information content (AvgIpc) is 2.91. The molecule has 0 aromatic carbocycles. The van der Waals surface area contributed by atoms with E-state index in [2.05, 4.69) is 10.2 Å². The molecule has 0 atom stereocenters. The molecule has 1 saturated heterocycles. The first kappa shape index (κ1) is 18.8. The van der Waals surface area contributed by atoms with Crippen LogP contribution < -0.4 is 0 Å². The SMILES string of the molecule is COCCOCC(=O)N1CCN(S(=O)(=O)c2c(C)n[nH]c2C)CC1. The number of hydrogen-bond donors (Lipinski definition) is 1. The highest BCUT2D eigenvalue weighted by Gasteiger charge is 2.33. The first-order valence-electron chi connectivity index (χ1n) is 7.74. The van der Waals surface area contributed by atoms with Crippen LogP contribution in [-0.4, -0.2) is 86.8 Å². The lowest BCUT2D eigenvalue weighted by Gasteiger charge is -2.34. The standard InChI is InChI=1S/C14H24N4O5S/c1-11-14(12(2)16-15-11)24(20,21)18-6-4-17(5-7-18)13(19)10-23-9-8-22-3/h4-10H2,1-3H3,(H,15,16). The molecule has 1 fully saturated rings. The van der Waals surface area contributed by atoms with Crippen LogP contribution in [0, 0.1) is 13.8 Å². The topological polar surface area (TPSA) is 105 Å². The van der Waals surface area contributed by atoms with Crippen molar-refractivity contribution < 1.29 is 22.7 Å². The fraction of sp³-hybridized carbons (Fsp3) is 0.714. The van der Waals surface area contributed by atoms with Crippen LogP contribution in [0.2, 0.25) is 0 Å². The Morgan fingerprint density at radius 2 is 1.88 bits per heavy atom. The largest absolute Gasteiger partial charge is 0.382 e. The summed E-state index contributed by atoms with van der Waals surface area (Å²) in [7, 11) is -2.04. The number of piperazine rings is 1. The van der Waals surface area contributed by atoms with Crippen molar-refractivity contribution >= 4 is 15.9 Å². The quantitative estimate of drug-likeness (QED) is 0.659. The summed E-state index contributed by atoms with van der Waals surface area (Å²) in [6.45, 7) is 5.33. The van der Waals surface area contributed by atoms with Crippen molar-refractivity contribution in [1.29, 1.82) is 0 Å². The maximum Gasteiger partial charge on any atom is 0.248 e. The van der Waals surface area contributed by atoms with Crippen LogP contribution in [0.1, 0.15) is 11.4 Å². The minimum Gasteiger partial charge on any atom is -0.382 e. The molecule has 10 heteroatoms. The minimum absolute atomic E-state index is 0.0178. The van der Waals surface area contributed by atoms with Crippen LogP contribution in [0.15, 0.2) is 4.90 Å². The van der Waals surface area contributed by atoms with Gasteiger partial charge in [-0.1, -0.05) is 0 Å². The molecule has 2 heterocycles. The summed E-state index contributed by atoms with van der Waals surface area (Å²) in [6, 6.07) is 0. The van der Waals surface area contributed by atoms with Gasteiger partial charge in [0.2, 0.25) is 15.9 Å². The van der Waals surface area contributed by atoms with E-state index in [4.69, 9.17) is 9.47 Å². The number of aromatic nitrogens is 2. The second kappa shape index (κ2) is 8.06. The van der Waals surface area contributed by atoms with Gasteiger partial charge in [-0.05, 0) is 13.8 Å². The molecule has 1 N–H and O–H groups in total. The highest BCUT2D eigenvalue weighted by Crippen LogP contribution is 2.22. The third kappa shape index (κ3) is 4.12. The number of sulfonamides is 1. The number of ether oxygens (including phenoxy) is 2. The summed E-state index contributed by atoms with van der Waals surface area (Å²) in [4.78, 5) is 13.9. The first-order chi connectivity index (χ1) is 11.4. The van der Waals surface area contributed by atoms with Crippen LogP contribution in [0.25, 0.3) is 0 Å². The third-order valence-electron chi connectivity index (χ3n) is 3.91. The lowest BCUT2D eigenvalue weighted by Crippen LogP contribution is -2.51. The smallest absolute Gasteiger partial charge is 0.248 e. The number of amides is 1. The summed E-state index contributed by atoms with van der Waals surface area (Å²) in [6.07, 6.45) is 0. The lowest BCUT2D eigenvalue weighted by molar-refractivity contribution is -0.137. The molecule has 0 aliphatic carbocycles. The van der Waals surface area contributed by atoms with E-state index in [1.165, 1.54) is 4.31 Å². The highest BCUT2D eigenvalue weighted by atomic mass is 32.2. The fourth-order valence-corrected chi connectivity index (χ4v) is 4.37. The molecule has 2 rings (SSSR count). The zero-order chi connectivity index (χ0) is 17.7. The van der Waals surface area contributed by atoms with Crippen LogP contribution in [0.5, 0.6) is 0 Å². The molecule has 0 unspecified atom stereocenters. The van der Waals surface area contributed by atoms with E-state index in [-0.39, 0.29) is 30.5 Å². The van der Waals surface area contributed by atoms with E-state index in [9.17, 15) is 13.2 Å². The van der Waals surface area contributed by atoms with Gasteiger partial charge in [0.1, 0.15) is 11.5 Å². The maximum absolute atomic E-state index is 12.7. The van der Waals surface area contributed by atoms with Crippen LogP contribution in [0.4, 0.5) is 0 Å². The Morgan fingerprint density at radius 3 is 2.42 bits per heavy atom. The number of nitrogens with zero attached hydrogens (tertiary/aromatic N) is 3. The van der Waals surface area contributed by atoms with Crippen molar-refractivity contribution in [3.63, 3.8) is 0 Å². The second-order valence-corrected chi connectivity index (χ2v) is 7.47. The van der Waals surface area contributed by atoms with Crippen LogP contribution >= 0.6 is 0 Å². The number of aromatic amines is 1. The van der Waals surface area contributed by atoms with E-state index in [1.54, 1.807) is 25.9 Å². The molecule has 1 aromatic heterocycles. The number of nitrogens with one attached hydrogen (secondary N) is 1. The van der Waals surface area contributed by atoms with E-state index in [0.717, 1.165) is 0 Å². The zero-order valence-electron chi connectivity index (χ0n) is 14.2. The van der Waals surface area contributed by atoms with Crippen LogP contribution in [-0.2, 0) is 24.3 Å². The van der Waals surface area contributed by atoms with Crippen molar-refractivity contribution in [3.05, 3.63) is 11.4 Å². The molecule has 1 amide bonds. The van der Waals surface area contributed by atoms with Crippen molar-refractivity contribution in [3.8, 4) is 0 Å². The number of H-pyrrole nitrogens is 1. The van der Waals surface area contributed by atoms with Gasteiger partial charge in [0.15, 0.2) is 0 Å². The van der Waals surface area contributed by atoms with Gasteiger partial charge in [-0.2, -0.15) is 9.40 Å². The highest BCUT2D eigenvalue weighted by molar-refractivity contribution is 7.89. The number of hydrogen-bond acceptors (Lipinski definition) is 6. The summed E-state index contributed by atoms with van der Waals surface area (Å²) in [5.74, 6) is -0.140. The Morgan fingerprint density at radius 1 is 1.21 bits per heavy atom. The number of carbonyl (C=O) groups is 1. The molecule has 0 bridgehead atoms. The van der Waals surface area contributed by atoms with Gasteiger partial charge in [-0.15, -0.1) is 0 Å². The van der Waals surface area contributed by atoms with Gasteiger partial charge >= 0.3 is 0 Å². The van der Waals surface area contributed by atoms with Crippen molar-refractivity contribution in [1.82, 2.24) is 19.4 Å². The molecule has 1 aromatic rings. The van der Waals surface area contributed by atoms with E-state index in [1.807, 2.05) is 0 Å². The lowest BCUT2D eigenvalue weighted by atomic mass is 10.3. The summed E-state index contributed by atoms with van der Waals surface area (Å²) in [5.41, 5.74) is 0.982. The second-order valence-electron chi connectivity index (χ2n) is 5.59. The normalized spacial score (nSPS) is 16.5. The third-order valence-corrected chi connectivity index (χ3v) is 6.07. The Labute approximate surface area is 142 Å². The van der Waals surface area contributed by atoms with Crippen molar-refractivity contribution in [2.75, 3.05) is 53.1 Å². The molecular formula is C14H24N4O5S. The Kier molecular flexibility index (Phi) is 6.33. The predicted molar refractivity (Wildman–Crippen MR) is 86.1 cm³/mol. The number of carbonyl (C=O) groups excluding carboxylic acids is 1. The van der Waals surface area contributed by atoms with Crippen LogP contribution in [0.3, 0.4) is 0 Å². The Balaban J connectivity index is 1.92. The maximum atomic E-state index is 12.7. The van der Waals surface area contributed by atoms with E-state index >= 15 is 0 Å². The number of rotatable bonds is 7. The van der Waals surface area contributed by atoms with Crippen molar-refractivity contribution in [2.24, 2.45) is 0 Å². The van der Waals surface area contributed by atoms with Gasteiger partial charge in [0.25, 0.3) is 0 Å². The van der Waals surface area contributed by atoms with E-state index in [0.29, 0.717) is 37.7 Å². The van der Waals surface area contributed by atoms with Gasteiger partial charge in [0.05, 0.1) is 24.6 Å². The van der Waals surface area contributed by atoms with Gasteiger partial charge < -0.3 is 14.4 Å². The monoisotopic (exact) mass is 360 g/mol. The first-order valence-corrected chi connectivity index (χ1v) is 9.18. The van der Waals surface area contributed by atoms with Gasteiger partial charge in [-0.25, -0.2) is 8.42 Å².